The maximum absolute atomic E-state index is 14.1. The number of carboxylic acid groups (broad SMARTS) is 2. The molecule has 0 aliphatic carbocycles. The first-order chi connectivity index (χ1) is 35.4. The molecule has 9 atom stereocenters. The molecule has 1 aliphatic heterocycles. The van der Waals surface area contributed by atoms with Gasteiger partial charge in [0.15, 0.2) is 5.96 Å². The molecule has 0 radical (unpaired) electrons. The van der Waals surface area contributed by atoms with Crippen molar-refractivity contribution in [2.45, 2.75) is 133 Å². The number of hydrogen-bond donors (Lipinski definition) is 16. The number of aromatic amines is 1. The van der Waals surface area contributed by atoms with Gasteiger partial charge in [0, 0.05) is 42.4 Å². The van der Waals surface area contributed by atoms with Crippen LogP contribution in [-0.2, 0) is 54.4 Å². The number of aliphatic imine (C=N–C) groups is 1. The van der Waals surface area contributed by atoms with Gasteiger partial charge in [-0.15, -0.1) is 0 Å². The van der Waals surface area contributed by atoms with Crippen LogP contribution >= 0.6 is 12.6 Å². The Hall–Kier alpha value is -7.04. The number of nitrogens with one attached hydrogen (secondary N) is 8. The average Bonchev–Trinajstić information content (AvgIpc) is 4.02. The quantitative estimate of drug-likeness (QED) is 0.0148. The summed E-state index contributed by atoms with van der Waals surface area (Å²) < 4.78 is 0. The third-order valence-corrected chi connectivity index (χ3v) is 12.5. The topological polar surface area (TPSA) is 445 Å². The van der Waals surface area contributed by atoms with Gasteiger partial charge in [-0.1, -0.05) is 45.9 Å². The van der Waals surface area contributed by atoms with E-state index in [-0.39, 0.29) is 69.2 Å². The maximum atomic E-state index is 14.1. The predicted molar refractivity (Wildman–Crippen MR) is 275 cm³/mol. The summed E-state index contributed by atoms with van der Waals surface area (Å²) in [7, 11) is 0. The summed E-state index contributed by atoms with van der Waals surface area (Å²) in [6.07, 6.45) is 1.34. The lowest BCUT2D eigenvalue weighted by molar-refractivity contribution is -0.145. The molecule has 1 aromatic heterocycles. The van der Waals surface area contributed by atoms with Gasteiger partial charge >= 0.3 is 11.9 Å². The first-order valence-corrected chi connectivity index (χ1v) is 25.1. The number of fused-ring (bicyclic) bond motifs is 1. The second kappa shape index (κ2) is 30.4. The van der Waals surface area contributed by atoms with Crippen LogP contribution in [0.4, 0.5) is 0 Å². The second-order valence-corrected chi connectivity index (χ2v) is 19.2. The van der Waals surface area contributed by atoms with Crippen molar-refractivity contribution in [2.24, 2.45) is 34.0 Å². The molecule has 75 heavy (non-hydrogen) atoms. The molecule has 416 valence electrons. The lowest BCUT2D eigenvalue weighted by atomic mass is 9.99. The summed E-state index contributed by atoms with van der Waals surface area (Å²) in [5, 5.41) is 57.2. The Bertz CT molecular complexity index is 2360. The van der Waals surface area contributed by atoms with Gasteiger partial charge in [0.05, 0.1) is 19.3 Å². The van der Waals surface area contributed by atoms with Crippen LogP contribution in [0.5, 0.6) is 0 Å². The number of para-hydroxylation sites is 1. The minimum atomic E-state index is -1.75. The number of aliphatic hydroxyl groups excluding tert-OH is 2. The van der Waals surface area contributed by atoms with Gasteiger partial charge in [-0.2, -0.15) is 12.6 Å². The number of H-pyrrole nitrogens is 1. The van der Waals surface area contributed by atoms with E-state index in [2.05, 4.69) is 59.8 Å². The molecule has 8 amide bonds. The van der Waals surface area contributed by atoms with E-state index in [1.165, 1.54) is 0 Å². The number of thiol groups is 1. The first kappa shape index (κ1) is 62.3. The van der Waals surface area contributed by atoms with E-state index in [1.54, 1.807) is 33.9 Å². The molecule has 1 aliphatic rings. The number of hydrogen-bond acceptors (Lipinski definition) is 15. The molecule has 2 aromatic rings. The van der Waals surface area contributed by atoms with Crippen molar-refractivity contribution >= 4 is 88.7 Å². The van der Waals surface area contributed by atoms with Crippen LogP contribution in [0.3, 0.4) is 0 Å². The van der Waals surface area contributed by atoms with Crippen LogP contribution in [-0.4, -0.2) is 182 Å². The number of carboxylic acids is 2. The van der Waals surface area contributed by atoms with Gasteiger partial charge < -0.3 is 84.7 Å². The Morgan fingerprint density at radius 3 is 1.92 bits per heavy atom. The zero-order valence-electron chi connectivity index (χ0n) is 42.4. The first-order valence-electron chi connectivity index (χ1n) is 24.5. The van der Waals surface area contributed by atoms with Crippen molar-refractivity contribution < 1.29 is 68.4 Å². The van der Waals surface area contributed by atoms with E-state index in [0.717, 1.165) is 21.4 Å². The van der Waals surface area contributed by atoms with Crippen LogP contribution in [0.15, 0.2) is 35.5 Å². The molecule has 27 nitrogen and oxygen atoms in total. The number of nitrogens with zero attached hydrogens (tertiary/aromatic N) is 2. The number of benzene rings is 1. The minimum absolute atomic E-state index is 0.00152. The summed E-state index contributed by atoms with van der Waals surface area (Å²) in [6.45, 7) is 4.64. The summed E-state index contributed by atoms with van der Waals surface area (Å²) >= 11 is 3.93. The number of guanidine groups is 1. The summed E-state index contributed by atoms with van der Waals surface area (Å²) in [6, 6.07) is -5.38. The van der Waals surface area contributed by atoms with Crippen molar-refractivity contribution in [3.8, 4) is 0 Å². The molecule has 0 saturated carbocycles. The van der Waals surface area contributed by atoms with Crippen LogP contribution in [0, 0.1) is 11.8 Å². The predicted octanol–water partition coefficient (Wildman–Crippen LogP) is -3.96. The number of aromatic nitrogens is 1. The van der Waals surface area contributed by atoms with Crippen molar-refractivity contribution in [2.75, 3.05) is 32.1 Å². The van der Waals surface area contributed by atoms with Gasteiger partial charge in [-0.25, -0.2) is 4.79 Å². The second-order valence-electron chi connectivity index (χ2n) is 18.9. The van der Waals surface area contributed by atoms with Crippen LogP contribution in [0.25, 0.3) is 10.9 Å². The molecule has 1 aromatic carbocycles. The van der Waals surface area contributed by atoms with Crippen molar-refractivity contribution in [1.29, 1.82) is 0 Å². The molecule has 0 bridgehead atoms. The molecule has 1 fully saturated rings. The molecule has 0 spiro atoms. The van der Waals surface area contributed by atoms with E-state index in [4.69, 9.17) is 17.2 Å². The number of nitrogens with two attached hydrogens (primary N) is 3. The van der Waals surface area contributed by atoms with E-state index in [1.807, 2.05) is 24.3 Å². The van der Waals surface area contributed by atoms with Crippen LogP contribution < -0.4 is 54.4 Å². The number of likely N-dealkylation sites (tertiary alicyclic amines) is 1. The molecular weight excluding hydrogens is 1000 g/mol. The zero-order chi connectivity index (χ0) is 56.1. The van der Waals surface area contributed by atoms with Gasteiger partial charge in [0.1, 0.15) is 48.3 Å². The third-order valence-electron chi connectivity index (χ3n) is 12.1. The number of carbonyl (C=O) groups excluding carboxylic acids is 8. The molecule has 18 N–H and O–H groups in total. The monoisotopic (exact) mass is 1080 g/mol. The number of aliphatic carboxylic acids is 2. The van der Waals surface area contributed by atoms with E-state index in [0.29, 0.717) is 6.42 Å². The largest absolute Gasteiger partial charge is 0.481 e. The fourth-order valence-corrected chi connectivity index (χ4v) is 8.37. The molecule has 1 saturated heterocycles. The van der Waals surface area contributed by atoms with Gasteiger partial charge in [-0.3, -0.25) is 48.1 Å². The van der Waals surface area contributed by atoms with Gasteiger partial charge in [0.2, 0.25) is 47.3 Å². The highest BCUT2D eigenvalue weighted by molar-refractivity contribution is 7.80. The van der Waals surface area contributed by atoms with Crippen LogP contribution in [0.1, 0.15) is 78.2 Å². The van der Waals surface area contributed by atoms with Gasteiger partial charge in [-0.05, 0) is 68.4 Å². The Balaban J connectivity index is 1.78. The molecule has 3 rings (SSSR count). The highest BCUT2D eigenvalue weighted by atomic mass is 32.1. The molecule has 2 heterocycles. The highest BCUT2D eigenvalue weighted by Crippen LogP contribution is 2.21. The van der Waals surface area contributed by atoms with E-state index in [9.17, 15) is 68.4 Å². The Kier molecular flexibility index (Phi) is 25.2. The van der Waals surface area contributed by atoms with Crippen molar-refractivity contribution in [3.63, 3.8) is 0 Å². The van der Waals surface area contributed by atoms with Crippen molar-refractivity contribution in [3.05, 3.63) is 36.0 Å². The Labute approximate surface area is 438 Å². The Morgan fingerprint density at radius 1 is 0.747 bits per heavy atom. The maximum Gasteiger partial charge on any atom is 0.327 e. The number of amides is 8. The SMILES string of the molecule is CC(C)C[C@H](NC(=O)[C@H](CCC(=O)O)NC(=O)[C@@H](N)Cc1c[nH]c2ccccc12)C(=O)N[C@@H](CCCN=C(N)N)C(=O)N[C@H](C(=O)N[C@@H](CO)C(=O)N[C@@H](CO)C(=O)N1CCC[C@H]1C(=O)N[C@@H](CS)C(=O)O)C(C)C. The highest BCUT2D eigenvalue weighted by Gasteiger charge is 2.40. The number of aliphatic hydroxyl groups is 2. The molecule has 28 heteroatoms. The average molecular weight is 1080 g/mol. The fourth-order valence-electron chi connectivity index (χ4n) is 8.12. The lowest BCUT2D eigenvalue weighted by Crippen LogP contribution is -2.62. The smallest absolute Gasteiger partial charge is 0.327 e. The summed E-state index contributed by atoms with van der Waals surface area (Å²) in [5.41, 5.74) is 18.8. The summed E-state index contributed by atoms with van der Waals surface area (Å²) in [4.78, 5) is 141. The third kappa shape index (κ3) is 19.3. The molecular formula is C47H73N13O14S. The Morgan fingerprint density at radius 2 is 1.32 bits per heavy atom. The lowest BCUT2D eigenvalue weighted by Gasteiger charge is -2.30. The molecule has 0 unspecified atom stereocenters. The normalized spacial score (nSPS) is 16.5. The number of rotatable bonds is 31. The van der Waals surface area contributed by atoms with E-state index >= 15 is 0 Å². The van der Waals surface area contributed by atoms with Gasteiger partial charge in [0.25, 0.3) is 0 Å². The van der Waals surface area contributed by atoms with E-state index < -0.39 is 139 Å². The summed E-state index contributed by atoms with van der Waals surface area (Å²) in [5.74, 6) is -11.3. The fraction of sp³-hybridized carbons (Fsp3) is 0.596. The van der Waals surface area contributed by atoms with Crippen LogP contribution in [0.2, 0.25) is 0 Å². The number of carbonyl (C=O) groups is 10. The standard InChI is InChI=1S/C47H73N13O14S/c1-23(2)17-31(55-39(66)30(13-14-36(63)64)53-38(65)27(48)18-25-19-52-28-10-6-5-9-26(25)28)41(68)54-29(11-7-15-51-47(49)50)40(67)59-37(24(3)4)44(71)56-32(20-61)42(69)57-33(21-62)45(72)60-16-8-12-35(60)43(70)58-34(22-75)46(73)74/h5-6,9-10,19,23-24,27,29-35,37,52,61-62,75H,7-8,11-18,20-22,48H2,1-4H3,(H,53,65)(H,54,68)(H,55,66)(H,56,71)(H,57,69)(H,58,70)(H,59,67)(H,63,64)(H,73,74)(H4,49,50,51)/t27-,29-,30-,31-,32-,33-,34-,35-,37-/m0/s1. The zero-order valence-corrected chi connectivity index (χ0v) is 43.3. The minimum Gasteiger partial charge on any atom is -0.481 e. The van der Waals surface area contributed by atoms with Crippen molar-refractivity contribution in [1.82, 2.24) is 47.1 Å².